The van der Waals surface area contributed by atoms with Crippen molar-refractivity contribution in [3.8, 4) is 6.07 Å². The van der Waals surface area contributed by atoms with E-state index < -0.39 is 26.7 Å². The number of sulfonamides is 1. The molecule has 7 nitrogen and oxygen atoms in total. The molecule has 1 heterocycles. The van der Waals surface area contributed by atoms with Gasteiger partial charge in [-0.05, 0) is 31.7 Å². The van der Waals surface area contributed by atoms with Crippen molar-refractivity contribution in [2.75, 3.05) is 6.54 Å². The van der Waals surface area contributed by atoms with Crippen LogP contribution in [0.1, 0.15) is 24.8 Å². The summed E-state index contributed by atoms with van der Waals surface area (Å²) in [5.74, 6) is 0. The lowest BCUT2D eigenvalue weighted by molar-refractivity contribution is -0.387. The van der Waals surface area contributed by atoms with Gasteiger partial charge in [-0.3, -0.25) is 10.1 Å². The number of piperidine rings is 1. The van der Waals surface area contributed by atoms with Crippen molar-refractivity contribution in [2.24, 2.45) is 0 Å². The molecule has 1 aromatic rings. The number of nitro groups is 1. The highest BCUT2D eigenvalue weighted by Gasteiger charge is 2.38. The Kier molecular flexibility index (Phi) is 4.25. The van der Waals surface area contributed by atoms with Gasteiger partial charge in [0.1, 0.15) is 6.04 Å². The molecule has 21 heavy (non-hydrogen) atoms. The van der Waals surface area contributed by atoms with Gasteiger partial charge in [-0.2, -0.15) is 9.57 Å². The summed E-state index contributed by atoms with van der Waals surface area (Å²) in [6, 6.07) is 5.35. The third-order valence-corrected chi connectivity index (χ3v) is 5.66. The molecule has 1 aliphatic heterocycles. The van der Waals surface area contributed by atoms with Gasteiger partial charge in [0.25, 0.3) is 15.7 Å². The molecule has 1 unspecified atom stereocenters. The maximum absolute atomic E-state index is 12.8. The minimum absolute atomic E-state index is 0.214. The van der Waals surface area contributed by atoms with Crippen LogP contribution in [0.3, 0.4) is 0 Å². The molecule has 8 heteroatoms. The number of hydrogen-bond acceptors (Lipinski definition) is 5. The number of aryl methyl sites for hydroxylation is 1. The van der Waals surface area contributed by atoms with Crippen LogP contribution in [0.15, 0.2) is 23.1 Å². The summed E-state index contributed by atoms with van der Waals surface area (Å²) in [5.41, 5.74) is -0.135. The Hall–Kier alpha value is -1.98. The van der Waals surface area contributed by atoms with Crippen LogP contribution >= 0.6 is 0 Å². The molecule has 112 valence electrons. The summed E-state index contributed by atoms with van der Waals surface area (Å²) in [6.45, 7) is 1.73. The number of hydrogen-bond donors (Lipinski definition) is 0. The van der Waals surface area contributed by atoms with Crippen LogP contribution in [-0.4, -0.2) is 30.2 Å². The van der Waals surface area contributed by atoms with Crippen LogP contribution in [0.4, 0.5) is 5.69 Å². The van der Waals surface area contributed by atoms with Crippen molar-refractivity contribution in [1.29, 1.82) is 5.26 Å². The van der Waals surface area contributed by atoms with E-state index in [2.05, 4.69) is 0 Å². The van der Waals surface area contributed by atoms with Crippen LogP contribution < -0.4 is 0 Å². The lowest BCUT2D eigenvalue weighted by Gasteiger charge is -2.30. The summed E-state index contributed by atoms with van der Waals surface area (Å²) in [6.07, 6.45) is 1.88. The van der Waals surface area contributed by atoms with E-state index in [0.717, 1.165) is 10.7 Å². The first-order chi connectivity index (χ1) is 9.89. The van der Waals surface area contributed by atoms with Crippen molar-refractivity contribution in [1.82, 2.24) is 4.31 Å². The van der Waals surface area contributed by atoms with E-state index in [1.165, 1.54) is 25.1 Å². The van der Waals surface area contributed by atoms with Gasteiger partial charge in [0.2, 0.25) is 0 Å². The molecule has 0 amide bonds. The molecule has 1 aromatic carbocycles. The molecule has 1 fully saturated rings. The normalized spacial score (nSPS) is 19.9. The fraction of sp³-hybridized carbons (Fsp3) is 0.462. The lowest BCUT2D eigenvalue weighted by atomic mass is 10.1. The number of nitrogens with zero attached hydrogens (tertiary/aromatic N) is 3. The maximum Gasteiger partial charge on any atom is 0.289 e. The summed E-state index contributed by atoms with van der Waals surface area (Å²) < 4.78 is 26.6. The van der Waals surface area contributed by atoms with Crippen LogP contribution in [0.25, 0.3) is 0 Å². The van der Waals surface area contributed by atoms with Crippen molar-refractivity contribution >= 4 is 15.7 Å². The van der Waals surface area contributed by atoms with E-state index >= 15 is 0 Å². The van der Waals surface area contributed by atoms with Gasteiger partial charge < -0.3 is 0 Å². The standard InChI is InChI=1S/C13H15N3O4S/c1-10-5-4-7-12(16(17)18)13(10)21(19,20)15-8-3-2-6-11(15)9-14/h4-5,7,11H,2-3,6,8H2,1H3. The molecule has 1 atom stereocenters. The quantitative estimate of drug-likeness (QED) is 0.627. The average Bonchev–Trinajstić information content (AvgIpc) is 2.46. The Bertz CT molecular complexity index is 709. The topological polar surface area (TPSA) is 104 Å². The zero-order valence-electron chi connectivity index (χ0n) is 11.5. The third kappa shape index (κ3) is 2.75. The van der Waals surface area contributed by atoms with Gasteiger partial charge in [0, 0.05) is 12.6 Å². The van der Waals surface area contributed by atoms with Gasteiger partial charge in [-0.25, -0.2) is 8.42 Å². The summed E-state index contributed by atoms with van der Waals surface area (Å²) in [7, 11) is -4.06. The van der Waals surface area contributed by atoms with Crippen LogP contribution in [0, 0.1) is 28.4 Å². The maximum atomic E-state index is 12.8. The van der Waals surface area contributed by atoms with E-state index in [0.29, 0.717) is 18.4 Å². The SMILES string of the molecule is Cc1cccc([N+](=O)[O-])c1S(=O)(=O)N1CCCCC1C#N. The highest BCUT2D eigenvalue weighted by atomic mass is 32.2. The molecule has 1 saturated heterocycles. The third-order valence-electron chi connectivity index (χ3n) is 3.56. The number of nitriles is 1. The largest absolute Gasteiger partial charge is 0.289 e. The van der Waals surface area contributed by atoms with E-state index in [-0.39, 0.29) is 11.4 Å². The molecule has 0 aliphatic carbocycles. The smallest absolute Gasteiger partial charge is 0.258 e. The highest BCUT2D eigenvalue weighted by Crippen LogP contribution is 2.32. The number of rotatable bonds is 3. The van der Waals surface area contributed by atoms with E-state index in [1.54, 1.807) is 0 Å². The Balaban J connectivity index is 2.59. The second kappa shape index (κ2) is 5.79. The second-order valence-electron chi connectivity index (χ2n) is 4.94. The van der Waals surface area contributed by atoms with Crippen LogP contribution in [0.2, 0.25) is 0 Å². The molecule has 0 radical (unpaired) electrons. The first kappa shape index (κ1) is 15.4. The fourth-order valence-corrected chi connectivity index (χ4v) is 4.53. The molecule has 2 rings (SSSR count). The van der Waals surface area contributed by atoms with Crippen molar-refractivity contribution < 1.29 is 13.3 Å². The predicted molar refractivity (Wildman–Crippen MR) is 75.0 cm³/mol. The molecule has 0 spiro atoms. The van der Waals surface area contributed by atoms with Crippen molar-refractivity contribution in [2.45, 2.75) is 37.1 Å². The Labute approximate surface area is 123 Å². The monoisotopic (exact) mass is 309 g/mol. The molecule has 0 N–H and O–H groups in total. The minimum Gasteiger partial charge on any atom is -0.258 e. The Morgan fingerprint density at radius 3 is 2.76 bits per heavy atom. The predicted octanol–water partition coefficient (Wildman–Crippen LogP) is 1.97. The summed E-state index contributed by atoms with van der Waals surface area (Å²) >= 11 is 0. The van der Waals surface area contributed by atoms with Gasteiger partial charge in [-0.15, -0.1) is 0 Å². The second-order valence-corrected chi connectivity index (χ2v) is 6.76. The zero-order valence-corrected chi connectivity index (χ0v) is 12.3. The van der Waals surface area contributed by atoms with E-state index in [4.69, 9.17) is 5.26 Å². The van der Waals surface area contributed by atoms with Gasteiger partial charge in [-0.1, -0.05) is 12.1 Å². The molecule has 0 bridgehead atoms. The highest BCUT2D eigenvalue weighted by molar-refractivity contribution is 7.89. The van der Waals surface area contributed by atoms with Crippen LogP contribution in [-0.2, 0) is 10.0 Å². The van der Waals surface area contributed by atoms with Gasteiger partial charge >= 0.3 is 0 Å². The Morgan fingerprint density at radius 2 is 2.14 bits per heavy atom. The van der Waals surface area contributed by atoms with Crippen LogP contribution in [0.5, 0.6) is 0 Å². The fourth-order valence-electron chi connectivity index (χ4n) is 2.56. The minimum atomic E-state index is -4.06. The summed E-state index contributed by atoms with van der Waals surface area (Å²) in [5, 5.41) is 20.2. The number of benzene rings is 1. The van der Waals surface area contributed by atoms with Crippen molar-refractivity contribution in [3.05, 3.63) is 33.9 Å². The van der Waals surface area contributed by atoms with Gasteiger partial charge in [0.15, 0.2) is 4.90 Å². The molecule has 0 saturated carbocycles. The molecular weight excluding hydrogens is 294 g/mol. The Morgan fingerprint density at radius 1 is 1.43 bits per heavy atom. The summed E-state index contributed by atoms with van der Waals surface area (Å²) in [4.78, 5) is 10.1. The first-order valence-corrected chi connectivity index (χ1v) is 7.99. The zero-order chi connectivity index (χ0) is 15.6. The first-order valence-electron chi connectivity index (χ1n) is 6.55. The lowest BCUT2D eigenvalue weighted by Crippen LogP contribution is -2.43. The van der Waals surface area contributed by atoms with Gasteiger partial charge in [0.05, 0.1) is 11.0 Å². The number of nitro benzene ring substituents is 1. The molecular formula is C13H15N3O4S. The van der Waals surface area contributed by atoms with E-state index in [1.807, 2.05) is 6.07 Å². The molecule has 0 aromatic heterocycles. The van der Waals surface area contributed by atoms with Crippen molar-refractivity contribution in [3.63, 3.8) is 0 Å². The molecule has 1 aliphatic rings. The average molecular weight is 309 g/mol. The van der Waals surface area contributed by atoms with E-state index in [9.17, 15) is 18.5 Å².